The van der Waals surface area contributed by atoms with Gasteiger partial charge in [-0.15, -0.1) is 0 Å². The van der Waals surface area contributed by atoms with Crippen LogP contribution in [0.4, 0.5) is 0 Å². The van der Waals surface area contributed by atoms with Crippen LogP contribution in [0.2, 0.25) is 0 Å². The number of nitrogens with zero attached hydrogens (tertiary/aromatic N) is 1. The van der Waals surface area contributed by atoms with Crippen molar-refractivity contribution in [1.82, 2.24) is 4.90 Å². The molecule has 1 N–H and O–H groups in total. The minimum Gasteiger partial charge on any atom is -0.481 e. The van der Waals surface area contributed by atoms with E-state index in [4.69, 9.17) is 4.74 Å². The Balaban J connectivity index is 1.71. The highest BCUT2D eigenvalue weighted by Gasteiger charge is 2.71. The van der Waals surface area contributed by atoms with E-state index in [1.807, 2.05) is 30.3 Å². The Morgan fingerprint density at radius 2 is 2.00 bits per heavy atom. The summed E-state index contributed by atoms with van der Waals surface area (Å²) in [7, 11) is 0. The van der Waals surface area contributed by atoms with Crippen molar-refractivity contribution in [1.29, 1.82) is 0 Å². The Morgan fingerprint density at radius 1 is 1.27 bits per heavy atom. The van der Waals surface area contributed by atoms with Gasteiger partial charge in [-0.05, 0) is 11.6 Å². The summed E-state index contributed by atoms with van der Waals surface area (Å²) in [5.74, 6) is -4.00. The van der Waals surface area contributed by atoms with Gasteiger partial charge in [-0.25, -0.2) is 0 Å². The van der Waals surface area contributed by atoms with Gasteiger partial charge < -0.3 is 9.84 Å². The van der Waals surface area contributed by atoms with E-state index in [-0.39, 0.29) is 6.54 Å². The normalized spacial score (nSPS) is 35.3. The van der Waals surface area contributed by atoms with E-state index in [1.165, 1.54) is 0 Å². The second kappa shape index (κ2) is 4.27. The molecule has 0 aromatic heterocycles. The molecule has 1 aromatic rings. The fourth-order valence-electron chi connectivity index (χ4n) is 3.64. The van der Waals surface area contributed by atoms with E-state index in [0.717, 1.165) is 10.5 Å². The number of carbonyl (C=O) groups is 3. The van der Waals surface area contributed by atoms with Gasteiger partial charge in [0.15, 0.2) is 5.60 Å². The fourth-order valence-corrected chi connectivity index (χ4v) is 3.64. The first kappa shape index (κ1) is 13.2. The molecule has 3 heterocycles. The molecule has 3 aliphatic heterocycles. The molecule has 0 aliphatic carbocycles. The summed E-state index contributed by atoms with van der Waals surface area (Å²) in [4.78, 5) is 37.9. The number of amides is 2. The zero-order valence-electron chi connectivity index (χ0n) is 11.5. The van der Waals surface area contributed by atoms with Crippen molar-refractivity contribution in [3.63, 3.8) is 0 Å². The summed E-state index contributed by atoms with van der Waals surface area (Å²) in [6.45, 7) is 0.130. The number of carboxylic acid groups (broad SMARTS) is 1. The lowest BCUT2D eigenvalue weighted by molar-refractivity contribution is -0.151. The molecule has 1 spiro atoms. The van der Waals surface area contributed by atoms with Crippen LogP contribution in [0.5, 0.6) is 0 Å². The van der Waals surface area contributed by atoms with Crippen molar-refractivity contribution in [3.05, 3.63) is 48.0 Å². The third-order valence-electron chi connectivity index (χ3n) is 4.62. The third kappa shape index (κ3) is 1.50. The minimum atomic E-state index is -1.42. The van der Waals surface area contributed by atoms with E-state index in [2.05, 4.69) is 0 Å². The zero-order valence-corrected chi connectivity index (χ0v) is 11.5. The second-order valence-corrected chi connectivity index (χ2v) is 5.79. The molecular formula is C16H13NO5. The molecule has 22 heavy (non-hydrogen) atoms. The van der Waals surface area contributed by atoms with Crippen LogP contribution >= 0.6 is 0 Å². The van der Waals surface area contributed by atoms with Gasteiger partial charge >= 0.3 is 5.97 Å². The van der Waals surface area contributed by atoms with E-state index in [0.29, 0.717) is 0 Å². The van der Waals surface area contributed by atoms with Gasteiger partial charge in [0.05, 0.1) is 18.6 Å². The topological polar surface area (TPSA) is 83.9 Å². The molecule has 112 valence electrons. The van der Waals surface area contributed by atoms with Crippen molar-refractivity contribution >= 4 is 17.8 Å². The van der Waals surface area contributed by atoms with Crippen molar-refractivity contribution < 1.29 is 24.2 Å². The molecular weight excluding hydrogens is 286 g/mol. The smallest absolute Gasteiger partial charge is 0.310 e. The summed E-state index contributed by atoms with van der Waals surface area (Å²) < 4.78 is 5.60. The minimum absolute atomic E-state index is 0.130. The average molecular weight is 299 g/mol. The van der Waals surface area contributed by atoms with Crippen molar-refractivity contribution in [2.45, 2.75) is 18.2 Å². The lowest BCUT2D eigenvalue weighted by Gasteiger charge is -2.19. The van der Waals surface area contributed by atoms with E-state index < -0.39 is 41.3 Å². The number of ether oxygens (including phenoxy) is 1. The van der Waals surface area contributed by atoms with Gasteiger partial charge in [0.2, 0.25) is 5.91 Å². The lowest BCUT2D eigenvalue weighted by atomic mass is 9.77. The lowest BCUT2D eigenvalue weighted by Crippen LogP contribution is -2.41. The standard InChI is InChI=1S/C16H13NO5/c18-13-12-11(14(19)20)10-6-7-16(12,22-10)15(21)17(13)8-9-4-2-1-3-5-9/h1-7,10-12H,8H2,(H,19,20). The third-order valence-corrected chi connectivity index (χ3v) is 4.62. The number of hydrogen-bond acceptors (Lipinski definition) is 4. The van der Waals surface area contributed by atoms with E-state index in [9.17, 15) is 19.5 Å². The predicted octanol–water partition coefficient (Wildman–Crippen LogP) is 0.580. The zero-order chi connectivity index (χ0) is 15.5. The van der Waals surface area contributed by atoms with Gasteiger partial charge in [-0.2, -0.15) is 0 Å². The number of aliphatic carboxylic acids is 1. The van der Waals surface area contributed by atoms with Gasteiger partial charge in [0.25, 0.3) is 5.91 Å². The predicted molar refractivity (Wildman–Crippen MR) is 73.4 cm³/mol. The van der Waals surface area contributed by atoms with Crippen LogP contribution in [-0.2, 0) is 25.7 Å². The first-order valence-corrected chi connectivity index (χ1v) is 7.04. The summed E-state index contributed by atoms with van der Waals surface area (Å²) in [6, 6.07) is 9.12. The maximum absolute atomic E-state index is 12.7. The average Bonchev–Trinajstić information content (AvgIpc) is 3.14. The number of imide groups is 1. The summed E-state index contributed by atoms with van der Waals surface area (Å²) in [6.07, 6.45) is 2.42. The monoisotopic (exact) mass is 299 g/mol. The molecule has 0 saturated carbocycles. The highest BCUT2D eigenvalue weighted by atomic mass is 16.5. The van der Waals surface area contributed by atoms with Crippen LogP contribution in [0.3, 0.4) is 0 Å². The first-order valence-electron chi connectivity index (χ1n) is 7.04. The molecule has 0 radical (unpaired) electrons. The van der Waals surface area contributed by atoms with Crippen LogP contribution in [-0.4, -0.2) is 39.5 Å². The van der Waals surface area contributed by atoms with E-state index >= 15 is 0 Å². The largest absolute Gasteiger partial charge is 0.481 e. The number of likely N-dealkylation sites (tertiary alicyclic amines) is 1. The van der Waals surface area contributed by atoms with Crippen molar-refractivity contribution in [2.75, 3.05) is 0 Å². The molecule has 2 saturated heterocycles. The number of benzene rings is 1. The molecule has 2 bridgehead atoms. The molecule has 4 unspecified atom stereocenters. The highest BCUT2D eigenvalue weighted by Crippen LogP contribution is 2.52. The molecule has 4 rings (SSSR count). The Morgan fingerprint density at radius 3 is 2.68 bits per heavy atom. The van der Waals surface area contributed by atoms with Crippen LogP contribution < -0.4 is 0 Å². The number of fused-ring (bicyclic) bond motifs is 1. The molecule has 2 amide bonds. The van der Waals surface area contributed by atoms with E-state index in [1.54, 1.807) is 12.2 Å². The van der Waals surface area contributed by atoms with Crippen molar-refractivity contribution in [3.8, 4) is 0 Å². The number of carbonyl (C=O) groups excluding carboxylic acids is 2. The maximum Gasteiger partial charge on any atom is 0.310 e. The maximum atomic E-state index is 12.7. The Hall–Kier alpha value is -2.47. The molecule has 1 aromatic carbocycles. The summed E-state index contributed by atoms with van der Waals surface area (Å²) in [5.41, 5.74) is -0.606. The SMILES string of the molecule is O=C(O)C1C2C=CC3(O2)C(=O)N(Cc2ccccc2)C(=O)C13. The number of rotatable bonds is 3. The molecule has 6 nitrogen and oxygen atoms in total. The quantitative estimate of drug-likeness (QED) is 0.652. The Kier molecular flexibility index (Phi) is 2.56. The highest BCUT2D eigenvalue weighted by molar-refractivity contribution is 6.13. The van der Waals surface area contributed by atoms with Gasteiger partial charge in [-0.3, -0.25) is 19.3 Å². The molecule has 2 fully saturated rings. The van der Waals surface area contributed by atoms with Gasteiger partial charge in [0.1, 0.15) is 5.92 Å². The fraction of sp³-hybridized carbons (Fsp3) is 0.312. The van der Waals surface area contributed by atoms with Crippen LogP contribution in [0.1, 0.15) is 5.56 Å². The van der Waals surface area contributed by atoms with Crippen LogP contribution in [0.25, 0.3) is 0 Å². The van der Waals surface area contributed by atoms with Crippen molar-refractivity contribution in [2.24, 2.45) is 11.8 Å². The molecule has 6 heteroatoms. The molecule has 3 aliphatic rings. The van der Waals surface area contributed by atoms with Crippen LogP contribution in [0, 0.1) is 11.8 Å². The Labute approximate surface area is 126 Å². The molecule has 4 atom stereocenters. The van der Waals surface area contributed by atoms with Gasteiger partial charge in [-0.1, -0.05) is 36.4 Å². The summed E-state index contributed by atoms with van der Waals surface area (Å²) >= 11 is 0. The summed E-state index contributed by atoms with van der Waals surface area (Å²) in [5, 5.41) is 9.36. The first-order chi connectivity index (χ1) is 10.5. The van der Waals surface area contributed by atoms with Crippen LogP contribution in [0.15, 0.2) is 42.5 Å². The number of hydrogen-bond donors (Lipinski definition) is 1. The number of carboxylic acids is 1. The second-order valence-electron chi connectivity index (χ2n) is 5.79. The van der Waals surface area contributed by atoms with Gasteiger partial charge in [0, 0.05) is 0 Å². The Bertz CT molecular complexity index is 713.